The van der Waals surface area contributed by atoms with Gasteiger partial charge in [-0.05, 0) is 25.9 Å². The molecule has 1 aromatic rings. The van der Waals surface area contributed by atoms with Crippen LogP contribution >= 0.6 is 11.3 Å². The Hall–Kier alpha value is -1.18. The lowest BCUT2D eigenvalue weighted by Gasteiger charge is -2.27. The highest BCUT2D eigenvalue weighted by Gasteiger charge is 2.26. The number of methoxy groups -OCH3 is 1. The third-order valence-corrected chi connectivity index (χ3v) is 5.08. The summed E-state index contributed by atoms with van der Waals surface area (Å²) in [7, 11) is 3.53. The summed E-state index contributed by atoms with van der Waals surface area (Å²) in [6.07, 6.45) is 2.43. The number of likely N-dealkylation sites (tertiary alicyclic amines) is 1. The Morgan fingerprint density at radius 3 is 3.00 bits per heavy atom. The SMILES string of the molecule is CCN1CCCC1CN(C)c1nc(COC)c(C(=O)O)s1. The number of aromatic nitrogens is 1. The van der Waals surface area contributed by atoms with Gasteiger partial charge in [0.25, 0.3) is 0 Å². The quantitative estimate of drug-likeness (QED) is 0.829. The van der Waals surface area contributed by atoms with Crippen molar-refractivity contribution < 1.29 is 14.6 Å². The molecule has 6 nitrogen and oxygen atoms in total. The molecule has 0 aromatic carbocycles. The lowest BCUT2D eigenvalue weighted by Crippen LogP contribution is -2.38. The average Bonchev–Trinajstić information content (AvgIpc) is 3.05. The first-order valence-corrected chi connectivity index (χ1v) is 8.05. The molecule has 0 spiro atoms. The second-order valence-corrected chi connectivity index (χ2v) is 6.29. The molecule has 0 radical (unpaired) electrons. The van der Waals surface area contributed by atoms with Crippen LogP contribution in [0.25, 0.3) is 0 Å². The Balaban J connectivity index is 2.09. The number of hydrogen-bond donors (Lipinski definition) is 1. The second kappa shape index (κ2) is 7.20. The van der Waals surface area contributed by atoms with Gasteiger partial charge < -0.3 is 14.7 Å². The summed E-state index contributed by atoms with van der Waals surface area (Å²) in [6, 6.07) is 0.531. The normalized spacial score (nSPS) is 19.1. The smallest absolute Gasteiger partial charge is 0.347 e. The van der Waals surface area contributed by atoms with Crippen molar-refractivity contribution in [2.24, 2.45) is 0 Å². The van der Waals surface area contributed by atoms with Crippen molar-refractivity contribution in [2.75, 3.05) is 38.7 Å². The number of carboxylic acids is 1. The van der Waals surface area contributed by atoms with Crippen molar-refractivity contribution in [1.29, 1.82) is 0 Å². The summed E-state index contributed by atoms with van der Waals surface area (Å²) in [5.41, 5.74) is 0.510. The lowest BCUT2D eigenvalue weighted by atomic mass is 10.2. The Labute approximate surface area is 129 Å². The number of carbonyl (C=O) groups is 1. The summed E-state index contributed by atoms with van der Waals surface area (Å²) in [4.78, 5) is 20.5. The summed E-state index contributed by atoms with van der Waals surface area (Å²) in [5.74, 6) is -0.935. The number of nitrogens with zero attached hydrogens (tertiary/aromatic N) is 3. The van der Waals surface area contributed by atoms with Crippen LogP contribution in [0.5, 0.6) is 0 Å². The van der Waals surface area contributed by atoms with E-state index in [0.29, 0.717) is 11.7 Å². The van der Waals surface area contributed by atoms with Crippen LogP contribution in [0.15, 0.2) is 0 Å². The molecule has 1 saturated heterocycles. The Bertz CT molecular complexity index is 492. The zero-order valence-electron chi connectivity index (χ0n) is 12.8. The van der Waals surface area contributed by atoms with Crippen molar-refractivity contribution in [1.82, 2.24) is 9.88 Å². The number of likely N-dealkylation sites (N-methyl/N-ethyl adjacent to an activating group) is 2. The molecule has 1 unspecified atom stereocenters. The van der Waals surface area contributed by atoms with E-state index in [1.807, 2.05) is 7.05 Å². The fraction of sp³-hybridized carbons (Fsp3) is 0.714. The van der Waals surface area contributed by atoms with E-state index in [1.165, 1.54) is 24.2 Å². The zero-order valence-corrected chi connectivity index (χ0v) is 13.7. The predicted octanol–water partition coefficient (Wildman–Crippen LogP) is 1.91. The maximum absolute atomic E-state index is 11.3. The highest BCUT2D eigenvalue weighted by atomic mass is 32.1. The van der Waals surface area contributed by atoms with E-state index in [0.717, 1.165) is 24.8 Å². The molecule has 2 rings (SSSR count). The number of hydrogen-bond acceptors (Lipinski definition) is 6. The van der Waals surface area contributed by atoms with Crippen LogP contribution in [-0.2, 0) is 11.3 Å². The minimum atomic E-state index is -0.935. The molecule has 1 fully saturated rings. The summed E-state index contributed by atoms with van der Waals surface area (Å²) in [5, 5.41) is 9.99. The third kappa shape index (κ3) is 3.72. The first kappa shape index (κ1) is 16.2. The molecule has 1 aliphatic heterocycles. The maximum atomic E-state index is 11.3. The third-order valence-electron chi connectivity index (χ3n) is 3.88. The summed E-state index contributed by atoms with van der Waals surface area (Å²) >= 11 is 1.22. The molecule has 1 N–H and O–H groups in total. The Kier molecular flexibility index (Phi) is 5.55. The van der Waals surface area contributed by atoms with E-state index in [2.05, 4.69) is 21.7 Å². The molecular formula is C14H23N3O3S. The topological polar surface area (TPSA) is 65.9 Å². The van der Waals surface area contributed by atoms with Gasteiger partial charge in [0.05, 0.1) is 12.3 Å². The van der Waals surface area contributed by atoms with E-state index in [9.17, 15) is 9.90 Å². The molecule has 1 atom stereocenters. The molecule has 2 heterocycles. The highest BCUT2D eigenvalue weighted by Crippen LogP contribution is 2.28. The van der Waals surface area contributed by atoms with Gasteiger partial charge in [-0.25, -0.2) is 9.78 Å². The molecule has 1 aromatic heterocycles. The van der Waals surface area contributed by atoms with Crippen molar-refractivity contribution in [3.05, 3.63) is 10.6 Å². The first-order chi connectivity index (χ1) is 10.1. The number of thiazole rings is 1. The summed E-state index contributed by atoms with van der Waals surface area (Å²) < 4.78 is 5.03. The van der Waals surface area contributed by atoms with Crippen molar-refractivity contribution in [3.63, 3.8) is 0 Å². The van der Waals surface area contributed by atoms with Gasteiger partial charge in [0, 0.05) is 26.7 Å². The average molecular weight is 313 g/mol. The lowest BCUT2D eigenvalue weighted by molar-refractivity contribution is 0.0697. The van der Waals surface area contributed by atoms with Crippen LogP contribution in [0, 0.1) is 0 Å². The summed E-state index contributed by atoms with van der Waals surface area (Å²) in [6.45, 7) is 5.51. The van der Waals surface area contributed by atoms with Gasteiger partial charge in [-0.1, -0.05) is 18.3 Å². The number of ether oxygens (including phenoxy) is 1. The molecule has 0 aliphatic carbocycles. The van der Waals surface area contributed by atoms with Gasteiger partial charge in [-0.3, -0.25) is 4.90 Å². The van der Waals surface area contributed by atoms with Crippen LogP contribution in [0.3, 0.4) is 0 Å². The largest absolute Gasteiger partial charge is 0.477 e. The van der Waals surface area contributed by atoms with Gasteiger partial charge in [-0.15, -0.1) is 0 Å². The number of aromatic carboxylic acids is 1. The maximum Gasteiger partial charge on any atom is 0.347 e. The molecule has 7 heteroatoms. The van der Waals surface area contributed by atoms with Gasteiger partial charge in [0.15, 0.2) is 5.13 Å². The van der Waals surface area contributed by atoms with Crippen LogP contribution in [-0.4, -0.2) is 60.8 Å². The standard InChI is InChI=1S/C14H23N3O3S/c1-4-17-7-5-6-10(17)8-16(2)14-15-11(9-20-3)12(21-14)13(18)19/h10H,4-9H2,1-3H3,(H,18,19). The minimum Gasteiger partial charge on any atom is -0.477 e. The molecular weight excluding hydrogens is 290 g/mol. The molecule has 118 valence electrons. The van der Waals surface area contributed by atoms with Crippen molar-refractivity contribution >= 4 is 22.4 Å². The first-order valence-electron chi connectivity index (χ1n) is 7.23. The van der Waals surface area contributed by atoms with Crippen LogP contribution in [0.1, 0.15) is 35.1 Å². The molecule has 21 heavy (non-hydrogen) atoms. The van der Waals surface area contributed by atoms with E-state index in [-0.39, 0.29) is 11.5 Å². The van der Waals surface area contributed by atoms with E-state index in [1.54, 1.807) is 7.11 Å². The highest BCUT2D eigenvalue weighted by molar-refractivity contribution is 7.17. The Morgan fingerprint density at radius 2 is 2.38 bits per heavy atom. The van der Waals surface area contributed by atoms with Gasteiger partial charge in [-0.2, -0.15) is 0 Å². The molecule has 0 amide bonds. The fourth-order valence-corrected chi connectivity index (χ4v) is 3.70. The predicted molar refractivity (Wildman–Crippen MR) is 83.3 cm³/mol. The van der Waals surface area contributed by atoms with Gasteiger partial charge in [0.2, 0.25) is 0 Å². The number of carboxylic acid groups (broad SMARTS) is 1. The van der Waals surface area contributed by atoms with E-state index in [4.69, 9.17) is 4.74 Å². The van der Waals surface area contributed by atoms with Gasteiger partial charge in [0.1, 0.15) is 4.88 Å². The second-order valence-electron chi connectivity index (χ2n) is 5.32. The Morgan fingerprint density at radius 1 is 1.62 bits per heavy atom. The number of rotatable bonds is 7. The van der Waals surface area contributed by atoms with Crippen LogP contribution in [0.2, 0.25) is 0 Å². The van der Waals surface area contributed by atoms with Crippen molar-refractivity contribution in [3.8, 4) is 0 Å². The van der Waals surface area contributed by atoms with Crippen molar-refractivity contribution in [2.45, 2.75) is 32.4 Å². The monoisotopic (exact) mass is 313 g/mol. The molecule has 0 saturated carbocycles. The molecule has 0 bridgehead atoms. The van der Waals surface area contributed by atoms with E-state index < -0.39 is 5.97 Å². The molecule has 1 aliphatic rings. The minimum absolute atomic E-state index is 0.233. The number of anilines is 1. The zero-order chi connectivity index (χ0) is 15.4. The van der Waals surface area contributed by atoms with E-state index >= 15 is 0 Å². The van der Waals surface area contributed by atoms with Crippen LogP contribution in [0.4, 0.5) is 5.13 Å². The van der Waals surface area contributed by atoms with Crippen LogP contribution < -0.4 is 4.90 Å². The fourth-order valence-electron chi connectivity index (χ4n) is 2.82. The van der Waals surface area contributed by atoms with Gasteiger partial charge >= 0.3 is 5.97 Å².